The predicted molar refractivity (Wildman–Crippen MR) is 147 cm³/mol. The van der Waals surface area contributed by atoms with Crippen LogP contribution in [0.15, 0.2) is 42.5 Å². The van der Waals surface area contributed by atoms with E-state index in [1.54, 1.807) is 42.5 Å². The van der Waals surface area contributed by atoms with E-state index < -0.39 is 23.3 Å². The minimum Gasteiger partial charge on any atom is -0.467 e. The van der Waals surface area contributed by atoms with Crippen molar-refractivity contribution in [3.05, 3.63) is 63.6 Å². The Morgan fingerprint density at radius 2 is 1.63 bits per heavy atom. The number of amides is 3. The highest BCUT2D eigenvalue weighted by atomic mass is 35.5. The SMILES string of the molecule is COC(=O)[C@H](Cc1ccc(NC(=O)c2c(Cl)cccc2Cl)cc1)NC(=O)C1(CCCNC(C)=O)CCCC1. The van der Waals surface area contributed by atoms with Crippen molar-refractivity contribution in [1.82, 2.24) is 10.6 Å². The van der Waals surface area contributed by atoms with Crippen molar-refractivity contribution in [2.24, 2.45) is 5.41 Å². The Labute approximate surface area is 232 Å². The predicted octanol–water partition coefficient (Wildman–Crippen LogP) is 4.92. The maximum absolute atomic E-state index is 13.4. The summed E-state index contributed by atoms with van der Waals surface area (Å²) in [4.78, 5) is 49.8. The lowest BCUT2D eigenvalue weighted by Crippen LogP contribution is -2.49. The first-order valence-electron chi connectivity index (χ1n) is 12.6. The lowest BCUT2D eigenvalue weighted by Gasteiger charge is -2.30. The third-order valence-corrected chi connectivity index (χ3v) is 7.51. The summed E-state index contributed by atoms with van der Waals surface area (Å²) in [5, 5.41) is 8.96. The quantitative estimate of drug-likeness (QED) is 0.266. The van der Waals surface area contributed by atoms with Crippen molar-refractivity contribution in [3.8, 4) is 0 Å². The molecule has 1 aliphatic rings. The third kappa shape index (κ3) is 7.71. The number of carbonyl (C=O) groups excluding carboxylic acids is 4. The van der Waals surface area contributed by atoms with Crippen LogP contribution >= 0.6 is 23.2 Å². The summed E-state index contributed by atoms with van der Waals surface area (Å²) in [6.07, 6.45) is 4.93. The molecule has 0 aliphatic heterocycles. The molecule has 3 amide bonds. The Morgan fingerprint density at radius 3 is 2.21 bits per heavy atom. The third-order valence-electron chi connectivity index (χ3n) is 6.88. The van der Waals surface area contributed by atoms with E-state index in [-0.39, 0.29) is 33.8 Å². The second-order valence-corrected chi connectivity index (χ2v) is 10.4. The number of nitrogens with one attached hydrogen (secondary N) is 3. The van der Waals surface area contributed by atoms with Gasteiger partial charge in [-0.2, -0.15) is 0 Å². The number of esters is 1. The van der Waals surface area contributed by atoms with E-state index in [9.17, 15) is 19.2 Å². The molecule has 204 valence electrons. The number of halogens is 2. The van der Waals surface area contributed by atoms with Gasteiger partial charge >= 0.3 is 5.97 Å². The van der Waals surface area contributed by atoms with E-state index in [1.165, 1.54) is 14.0 Å². The molecule has 0 spiro atoms. The molecular weight excluding hydrogens is 529 g/mol. The molecule has 0 bridgehead atoms. The van der Waals surface area contributed by atoms with Gasteiger partial charge in [0.1, 0.15) is 6.04 Å². The van der Waals surface area contributed by atoms with Crippen molar-refractivity contribution in [1.29, 1.82) is 0 Å². The van der Waals surface area contributed by atoms with E-state index in [2.05, 4.69) is 16.0 Å². The summed E-state index contributed by atoms with van der Waals surface area (Å²) in [6.45, 7) is 1.98. The first-order valence-corrected chi connectivity index (χ1v) is 13.4. The summed E-state index contributed by atoms with van der Waals surface area (Å²) in [5.74, 6) is -1.23. The van der Waals surface area contributed by atoms with Crippen molar-refractivity contribution < 1.29 is 23.9 Å². The van der Waals surface area contributed by atoms with Gasteiger partial charge in [-0.15, -0.1) is 0 Å². The molecule has 8 nitrogen and oxygen atoms in total. The van der Waals surface area contributed by atoms with Crippen molar-refractivity contribution >= 4 is 52.6 Å². The second kappa shape index (κ2) is 13.6. The first-order chi connectivity index (χ1) is 18.1. The largest absolute Gasteiger partial charge is 0.467 e. The van der Waals surface area contributed by atoms with Gasteiger partial charge < -0.3 is 20.7 Å². The molecule has 2 aromatic rings. The van der Waals surface area contributed by atoms with Crippen LogP contribution in [0.1, 0.15) is 61.4 Å². The lowest BCUT2D eigenvalue weighted by atomic mass is 9.80. The zero-order valence-corrected chi connectivity index (χ0v) is 23.1. The van der Waals surface area contributed by atoms with E-state index in [4.69, 9.17) is 27.9 Å². The molecule has 3 rings (SSSR count). The number of benzene rings is 2. The van der Waals surface area contributed by atoms with Crippen molar-refractivity contribution in [2.75, 3.05) is 19.0 Å². The second-order valence-electron chi connectivity index (χ2n) is 9.57. The molecule has 1 atom stereocenters. The lowest BCUT2D eigenvalue weighted by molar-refractivity contribution is -0.146. The minimum absolute atomic E-state index is 0.0982. The van der Waals surface area contributed by atoms with Gasteiger partial charge in [-0.3, -0.25) is 14.4 Å². The smallest absolute Gasteiger partial charge is 0.328 e. The van der Waals surface area contributed by atoms with E-state index in [0.717, 1.165) is 31.2 Å². The Balaban J connectivity index is 1.66. The molecule has 3 N–H and O–H groups in total. The standard InChI is InChI=1S/C28H33Cl2N3O5/c1-18(34)31-16-6-15-28(13-3-4-14-28)27(37)33-23(26(36)38-2)17-19-9-11-20(12-10-19)32-25(35)24-21(29)7-5-8-22(24)30/h5,7-12,23H,3-4,6,13-17H2,1-2H3,(H,31,34)(H,32,35)(H,33,37)/t23-/m0/s1. The van der Waals surface area contributed by atoms with Gasteiger partial charge in [0.25, 0.3) is 5.91 Å². The summed E-state index contributed by atoms with van der Waals surface area (Å²) >= 11 is 12.2. The van der Waals surface area contributed by atoms with Gasteiger partial charge in [0.05, 0.1) is 22.7 Å². The molecule has 0 unspecified atom stereocenters. The maximum atomic E-state index is 13.4. The van der Waals surface area contributed by atoms with Crippen LogP contribution in [0.4, 0.5) is 5.69 Å². The highest BCUT2D eigenvalue weighted by Gasteiger charge is 2.42. The number of ether oxygens (including phenoxy) is 1. The number of hydrogen-bond acceptors (Lipinski definition) is 5. The molecular formula is C28H33Cl2N3O5. The Hall–Kier alpha value is -3.10. The van der Waals surface area contributed by atoms with Gasteiger partial charge in [0.2, 0.25) is 11.8 Å². The van der Waals surface area contributed by atoms with Crippen molar-refractivity contribution in [2.45, 2.75) is 57.9 Å². The zero-order valence-electron chi connectivity index (χ0n) is 21.6. The fourth-order valence-corrected chi connectivity index (χ4v) is 5.42. The summed E-state index contributed by atoms with van der Waals surface area (Å²) in [7, 11) is 1.29. The van der Waals surface area contributed by atoms with Crippen LogP contribution in [0.3, 0.4) is 0 Å². The number of carbonyl (C=O) groups is 4. The fourth-order valence-electron chi connectivity index (χ4n) is 4.85. The molecule has 0 radical (unpaired) electrons. The van der Waals surface area contributed by atoms with Crippen LogP contribution in [0.25, 0.3) is 0 Å². The van der Waals surface area contributed by atoms with Crippen LogP contribution in [0, 0.1) is 5.41 Å². The molecule has 1 fully saturated rings. The molecule has 0 aromatic heterocycles. The fraction of sp³-hybridized carbons (Fsp3) is 0.429. The monoisotopic (exact) mass is 561 g/mol. The minimum atomic E-state index is -0.859. The van der Waals surface area contributed by atoms with Gasteiger partial charge in [-0.05, 0) is 55.5 Å². The molecule has 0 heterocycles. The highest BCUT2D eigenvalue weighted by Crippen LogP contribution is 2.42. The molecule has 0 saturated heterocycles. The van der Waals surface area contributed by atoms with Crippen LogP contribution in [0.5, 0.6) is 0 Å². The average molecular weight is 562 g/mol. The van der Waals surface area contributed by atoms with Gasteiger partial charge in [0.15, 0.2) is 0 Å². The highest BCUT2D eigenvalue weighted by molar-refractivity contribution is 6.40. The van der Waals surface area contributed by atoms with E-state index in [1.807, 2.05) is 0 Å². The summed E-state index contributed by atoms with van der Waals surface area (Å²) < 4.78 is 4.97. The summed E-state index contributed by atoms with van der Waals surface area (Å²) in [6, 6.07) is 10.9. The molecule has 1 aliphatic carbocycles. The molecule has 1 saturated carbocycles. The van der Waals surface area contributed by atoms with E-state index >= 15 is 0 Å². The average Bonchev–Trinajstić information content (AvgIpc) is 3.37. The Morgan fingerprint density at radius 1 is 1.00 bits per heavy atom. The van der Waals surface area contributed by atoms with E-state index in [0.29, 0.717) is 25.1 Å². The number of methoxy groups -OCH3 is 1. The maximum Gasteiger partial charge on any atom is 0.328 e. The first kappa shape index (κ1) is 29.5. The number of hydrogen-bond donors (Lipinski definition) is 3. The molecule has 38 heavy (non-hydrogen) atoms. The van der Waals surface area contributed by atoms with Crippen LogP contribution < -0.4 is 16.0 Å². The van der Waals surface area contributed by atoms with Crippen molar-refractivity contribution in [3.63, 3.8) is 0 Å². The molecule has 10 heteroatoms. The zero-order chi connectivity index (χ0) is 27.7. The van der Waals surface area contributed by atoms with Gasteiger partial charge in [0, 0.05) is 31.0 Å². The Kier molecular flexibility index (Phi) is 10.6. The number of rotatable bonds is 11. The normalized spacial score (nSPS) is 14.8. The molecule has 2 aromatic carbocycles. The van der Waals surface area contributed by atoms with Crippen LogP contribution in [-0.4, -0.2) is 43.4 Å². The van der Waals surface area contributed by atoms with Gasteiger partial charge in [-0.1, -0.05) is 54.2 Å². The summed E-state index contributed by atoms with van der Waals surface area (Å²) in [5.41, 5.74) is 0.933. The Bertz CT molecular complexity index is 1140. The van der Waals surface area contributed by atoms with Crippen LogP contribution in [-0.2, 0) is 25.5 Å². The van der Waals surface area contributed by atoms with Crippen LogP contribution in [0.2, 0.25) is 10.0 Å². The van der Waals surface area contributed by atoms with Gasteiger partial charge in [-0.25, -0.2) is 4.79 Å². The topological polar surface area (TPSA) is 114 Å². The number of anilines is 1.